The van der Waals surface area contributed by atoms with E-state index >= 15 is 0 Å². The van der Waals surface area contributed by atoms with E-state index in [2.05, 4.69) is 10.0 Å². The van der Waals surface area contributed by atoms with Gasteiger partial charge in [0.05, 0.1) is 11.9 Å². The molecule has 0 aromatic heterocycles. The predicted molar refractivity (Wildman–Crippen MR) is 83.4 cm³/mol. The zero-order valence-electron chi connectivity index (χ0n) is 12.9. The van der Waals surface area contributed by atoms with Crippen LogP contribution in [0.15, 0.2) is 18.2 Å². The highest BCUT2D eigenvalue weighted by atomic mass is 32.2. The van der Waals surface area contributed by atoms with E-state index in [9.17, 15) is 23.1 Å². The lowest BCUT2D eigenvalue weighted by atomic mass is 9.98. The van der Waals surface area contributed by atoms with E-state index in [1.165, 1.54) is 19.1 Å². The second-order valence-electron chi connectivity index (χ2n) is 5.35. The van der Waals surface area contributed by atoms with E-state index in [0.717, 1.165) is 6.26 Å². The summed E-state index contributed by atoms with van der Waals surface area (Å²) < 4.78 is 24.9. The fourth-order valence-electron chi connectivity index (χ4n) is 1.69. The molecule has 22 heavy (non-hydrogen) atoms. The smallest absolute Gasteiger partial charge is 0.329 e. The van der Waals surface area contributed by atoms with Crippen molar-refractivity contribution in [3.8, 4) is 0 Å². The molecule has 0 aliphatic heterocycles. The minimum Gasteiger partial charge on any atom is -0.480 e. The lowest BCUT2D eigenvalue weighted by Gasteiger charge is -2.24. The second kappa shape index (κ2) is 6.35. The number of carboxylic acid groups (broad SMARTS) is 1. The Morgan fingerprint density at radius 1 is 1.32 bits per heavy atom. The molecule has 7 nitrogen and oxygen atoms in total. The highest BCUT2D eigenvalue weighted by molar-refractivity contribution is 7.92. The van der Waals surface area contributed by atoms with Crippen molar-refractivity contribution in [2.75, 3.05) is 11.0 Å². The van der Waals surface area contributed by atoms with Crippen LogP contribution >= 0.6 is 0 Å². The zero-order valence-corrected chi connectivity index (χ0v) is 13.7. The lowest BCUT2D eigenvalue weighted by Crippen LogP contribution is -2.51. The van der Waals surface area contributed by atoms with Crippen molar-refractivity contribution >= 4 is 27.6 Å². The van der Waals surface area contributed by atoms with Crippen molar-refractivity contribution in [1.82, 2.24) is 5.32 Å². The van der Waals surface area contributed by atoms with E-state index in [0.29, 0.717) is 5.56 Å². The molecule has 0 bridgehead atoms. The molecular weight excluding hydrogens is 308 g/mol. The van der Waals surface area contributed by atoms with Crippen LogP contribution in [0.3, 0.4) is 0 Å². The Morgan fingerprint density at radius 3 is 2.36 bits per heavy atom. The fourth-order valence-corrected chi connectivity index (χ4v) is 2.31. The minimum absolute atomic E-state index is 0.178. The number of amides is 1. The van der Waals surface area contributed by atoms with Gasteiger partial charge in [0.1, 0.15) is 5.54 Å². The average Bonchev–Trinajstić information content (AvgIpc) is 2.39. The quantitative estimate of drug-likeness (QED) is 0.729. The van der Waals surface area contributed by atoms with Gasteiger partial charge in [-0.15, -0.1) is 0 Å². The molecule has 0 spiro atoms. The number of aryl methyl sites for hydroxylation is 1. The summed E-state index contributed by atoms with van der Waals surface area (Å²) in [5.41, 5.74) is -0.272. The van der Waals surface area contributed by atoms with Gasteiger partial charge in [-0.25, -0.2) is 13.2 Å². The van der Waals surface area contributed by atoms with Gasteiger partial charge in [-0.3, -0.25) is 9.52 Å². The van der Waals surface area contributed by atoms with Crippen LogP contribution in [0.1, 0.15) is 36.2 Å². The minimum atomic E-state index is -3.47. The number of carbonyl (C=O) groups excluding carboxylic acids is 1. The van der Waals surface area contributed by atoms with Gasteiger partial charge < -0.3 is 10.4 Å². The summed E-state index contributed by atoms with van der Waals surface area (Å²) in [4.78, 5) is 23.4. The number of aliphatic carboxylic acids is 1. The third kappa shape index (κ3) is 4.45. The molecule has 1 rings (SSSR count). The van der Waals surface area contributed by atoms with Crippen LogP contribution in [-0.4, -0.2) is 37.2 Å². The highest BCUT2D eigenvalue weighted by Gasteiger charge is 2.33. The van der Waals surface area contributed by atoms with Crippen LogP contribution < -0.4 is 10.0 Å². The normalized spacial score (nSPS) is 14.0. The van der Waals surface area contributed by atoms with Crippen molar-refractivity contribution in [3.05, 3.63) is 29.3 Å². The van der Waals surface area contributed by atoms with Crippen molar-refractivity contribution in [1.29, 1.82) is 0 Å². The molecule has 1 aromatic carbocycles. The molecule has 1 atom stereocenters. The zero-order chi connectivity index (χ0) is 17.1. The van der Waals surface area contributed by atoms with Crippen LogP contribution in [0.5, 0.6) is 0 Å². The van der Waals surface area contributed by atoms with Gasteiger partial charge >= 0.3 is 5.97 Å². The topological polar surface area (TPSA) is 113 Å². The Labute approximate surface area is 129 Å². The predicted octanol–water partition coefficient (Wildman–Crippen LogP) is 1.35. The SMILES string of the molecule is CCC(C)(NC(=O)c1ccc(C)c(NS(C)(=O)=O)c1)C(=O)O. The van der Waals surface area contributed by atoms with Crippen molar-refractivity contribution in [2.45, 2.75) is 32.7 Å². The van der Waals surface area contributed by atoms with E-state index < -0.39 is 27.4 Å². The number of rotatable bonds is 6. The summed E-state index contributed by atoms with van der Waals surface area (Å²) in [6.07, 6.45) is 1.23. The molecule has 1 unspecified atom stereocenters. The maximum absolute atomic E-state index is 12.2. The van der Waals surface area contributed by atoms with Gasteiger partial charge in [-0.2, -0.15) is 0 Å². The molecule has 1 aromatic rings. The van der Waals surface area contributed by atoms with E-state index in [1.807, 2.05) is 0 Å². The van der Waals surface area contributed by atoms with Crippen LogP contribution in [0.25, 0.3) is 0 Å². The second-order valence-corrected chi connectivity index (χ2v) is 7.10. The van der Waals surface area contributed by atoms with E-state index in [4.69, 9.17) is 0 Å². The highest BCUT2D eigenvalue weighted by Crippen LogP contribution is 2.19. The van der Waals surface area contributed by atoms with Crippen LogP contribution in [0.2, 0.25) is 0 Å². The first-order valence-electron chi connectivity index (χ1n) is 6.63. The molecule has 0 saturated carbocycles. The third-order valence-electron chi connectivity index (χ3n) is 3.36. The Bertz CT molecular complexity index is 699. The van der Waals surface area contributed by atoms with Gasteiger partial charge in [0.25, 0.3) is 5.91 Å². The summed E-state index contributed by atoms with van der Waals surface area (Å²) >= 11 is 0. The summed E-state index contributed by atoms with van der Waals surface area (Å²) in [5.74, 6) is -1.71. The summed E-state index contributed by atoms with van der Waals surface area (Å²) in [7, 11) is -3.47. The van der Waals surface area contributed by atoms with Crippen LogP contribution in [-0.2, 0) is 14.8 Å². The van der Waals surface area contributed by atoms with Crippen molar-refractivity contribution < 1.29 is 23.1 Å². The van der Waals surface area contributed by atoms with E-state index in [1.54, 1.807) is 19.9 Å². The Hall–Kier alpha value is -2.09. The maximum Gasteiger partial charge on any atom is 0.329 e. The summed E-state index contributed by atoms with van der Waals surface area (Å²) in [6.45, 7) is 4.76. The average molecular weight is 328 g/mol. The number of benzene rings is 1. The van der Waals surface area contributed by atoms with Crippen LogP contribution in [0.4, 0.5) is 5.69 Å². The largest absolute Gasteiger partial charge is 0.480 e. The Balaban J connectivity index is 3.10. The van der Waals surface area contributed by atoms with Crippen LogP contribution in [0, 0.1) is 6.92 Å². The fraction of sp³-hybridized carbons (Fsp3) is 0.429. The number of nitrogens with one attached hydrogen (secondary N) is 2. The maximum atomic E-state index is 12.2. The molecule has 8 heteroatoms. The Morgan fingerprint density at radius 2 is 1.91 bits per heavy atom. The number of anilines is 1. The molecule has 0 fully saturated rings. The molecule has 0 radical (unpaired) electrons. The lowest BCUT2D eigenvalue weighted by molar-refractivity contribution is -0.143. The van der Waals surface area contributed by atoms with Gasteiger partial charge in [-0.1, -0.05) is 13.0 Å². The molecule has 0 aliphatic rings. The third-order valence-corrected chi connectivity index (χ3v) is 3.95. The molecule has 0 saturated heterocycles. The summed E-state index contributed by atoms with van der Waals surface area (Å²) in [5, 5.41) is 11.6. The number of hydrogen-bond donors (Lipinski definition) is 3. The van der Waals surface area contributed by atoms with Gasteiger partial charge in [0, 0.05) is 5.56 Å². The Kier molecular flexibility index (Phi) is 5.18. The number of carboxylic acids is 1. The number of sulfonamides is 1. The molecule has 0 aliphatic carbocycles. The molecule has 1 amide bonds. The van der Waals surface area contributed by atoms with Gasteiger partial charge in [-0.05, 0) is 38.0 Å². The van der Waals surface area contributed by atoms with Gasteiger partial charge in [0.2, 0.25) is 10.0 Å². The molecule has 122 valence electrons. The molecule has 3 N–H and O–H groups in total. The molecular formula is C14H20N2O5S. The number of carbonyl (C=O) groups is 2. The monoisotopic (exact) mass is 328 g/mol. The standard InChI is InChI=1S/C14H20N2O5S/c1-5-14(3,13(18)19)15-12(17)10-7-6-9(2)11(8-10)16-22(4,20)21/h6-8,16H,5H2,1-4H3,(H,15,17)(H,18,19). The first-order chi connectivity index (χ1) is 9.98. The first-order valence-corrected chi connectivity index (χ1v) is 8.52. The number of hydrogen-bond acceptors (Lipinski definition) is 4. The van der Waals surface area contributed by atoms with Crippen molar-refractivity contribution in [3.63, 3.8) is 0 Å². The molecule has 0 heterocycles. The summed E-state index contributed by atoms with van der Waals surface area (Å²) in [6, 6.07) is 4.48. The van der Waals surface area contributed by atoms with Crippen molar-refractivity contribution in [2.24, 2.45) is 0 Å². The first kappa shape index (κ1) is 18.0. The van der Waals surface area contributed by atoms with E-state index in [-0.39, 0.29) is 17.7 Å². The van der Waals surface area contributed by atoms with Gasteiger partial charge in [0.15, 0.2) is 0 Å².